The molecule has 2 aromatic rings. The number of hydrogen-bond donors (Lipinski definition) is 1. The highest BCUT2D eigenvalue weighted by atomic mass is 32.2. The summed E-state index contributed by atoms with van der Waals surface area (Å²) in [7, 11) is 0. The fraction of sp³-hybridized carbons (Fsp3) is 0.304. The predicted molar refractivity (Wildman–Crippen MR) is 123 cm³/mol. The molecule has 1 atom stereocenters. The molecule has 30 heavy (non-hydrogen) atoms. The number of hydrogen-bond acceptors (Lipinski definition) is 5. The first-order chi connectivity index (χ1) is 14.5. The van der Waals surface area contributed by atoms with E-state index in [4.69, 9.17) is 0 Å². The average Bonchev–Trinajstić information content (AvgIpc) is 3.02. The van der Waals surface area contributed by atoms with Crippen molar-refractivity contribution in [3.05, 3.63) is 59.2 Å². The summed E-state index contributed by atoms with van der Waals surface area (Å²) in [5.74, 6) is 0.592. The number of aliphatic imine (C=N–C) groups is 2. The van der Waals surface area contributed by atoms with E-state index >= 15 is 0 Å². The van der Waals surface area contributed by atoms with E-state index in [0.29, 0.717) is 17.4 Å². The van der Waals surface area contributed by atoms with Gasteiger partial charge in [-0.3, -0.25) is 14.6 Å². The lowest BCUT2D eigenvalue weighted by atomic mass is 10.1. The van der Waals surface area contributed by atoms with E-state index < -0.39 is 0 Å². The van der Waals surface area contributed by atoms with Crippen molar-refractivity contribution in [1.29, 1.82) is 0 Å². The molecule has 0 bridgehead atoms. The zero-order valence-electron chi connectivity index (χ0n) is 17.3. The van der Waals surface area contributed by atoms with Gasteiger partial charge in [-0.25, -0.2) is 9.89 Å². The quantitative estimate of drug-likeness (QED) is 0.777. The van der Waals surface area contributed by atoms with Gasteiger partial charge in [0.1, 0.15) is 11.9 Å². The first kappa shape index (κ1) is 20.3. The summed E-state index contributed by atoms with van der Waals surface area (Å²) in [5.41, 5.74) is 4.59. The molecular formula is C23H24N4O2S. The number of fused-ring (bicyclic) bond motifs is 3. The minimum atomic E-state index is -0.383. The number of para-hydroxylation sites is 1. The Bertz CT molecular complexity index is 1060. The smallest absolute Gasteiger partial charge is 0.259 e. The first-order valence-electron chi connectivity index (χ1n) is 10.1. The van der Waals surface area contributed by atoms with E-state index in [-0.39, 0.29) is 23.6 Å². The van der Waals surface area contributed by atoms with Gasteiger partial charge < -0.3 is 5.32 Å². The molecule has 2 aliphatic heterocycles. The molecule has 0 saturated heterocycles. The Morgan fingerprint density at radius 3 is 2.63 bits per heavy atom. The Morgan fingerprint density at radius 2 is 1.90 bits per heavy atom. The number of benzene rings is 2. The molecule has 2 aliphatic rings. The highest BCUT2D eigenvalue weighted by Crippen LogP contribution is 2.34. The van der Waals surface area contributed by atoms with Crippen LogP contribution in [0.5, 0.6) is 0 Å². The van der Waals surface area contributed by atoms with Gasteiger partial charge in [-0.2, -0.15) is 0 Å². The fourth-order valence-electron chi connectivity index (χ4n) is 3.73. The van der Waals surface area contributed by atoms with E-state index in [1.807, 2.05) is 57.2 Å². The Kier molecular flexibility index (Phi) is 5.72. The van der Waals surface area contributed by atoms with Crippen LogP contribution in [0, 0.1) is 13.8 Å². The van der Waals surface area contributed by atoms with E-state index in [1.165, 1.54) is 11.8 Å². The second kappa shape index (κ2) is 8.44. The van der Waals surface area contributed by atoms with Crippen LogP contribution in [0.25, 0.3) is 0 Å². The Labute approximate surface area is 180 Å². The number of amidine groups is 2. The molecule has 7 heteroatoms. The number of thioether (sulfide) groups is 1. The van der Waals surface area contributed by atoms with E-state index in [2.05, 4.69) is 21.4 Å². The fourth-order valence-corrected chi connectivity index (χ4v) is 4.54. The van der Waals surface area contributed by atoms with Crippen molar-refractivity contribution >= 4 is 46.0 Å². The lowest BCUT2D eigenvalue weighted by molar-refractivity contribution is -0.124. The zero-order chi connectivity index (χ0) is 21.3. The number of carbonyl (C=O) groups excluding carboxylic acids is 2. The van der Waals surface area contributed by atoms with Crippen LogP contribution in [0.2, 0.25) is 0 Å². The molecular weight excluding hydrogens is 396 g/mol. The molecule has 2 heterocycles. The lowest BCUT2D eigenvalue weighted by Gasteiger charge is -2.25. The zero-order valence-corrected chi connectivity index (χ0v) is 18.1. The molecule has 0 aromatic heterocycles. The van der Waals surface area contributed by atoms with Crippen molar-refractivity contribution in [2.75, 3.05) is 11.1 Å². The number of nitrogens with zero attached hydrogens (tertiary/aromatic N) is 3. The van der Waals surface area contributed by atoms with Crippen molar-refractivity contribution in [2.24, 2.45) is 9.98 Å². The largest absolute Gasteiger partial charge is 0.325 e. The molecule has 4 rings (SSSR count). The number of rotatable bonds is 5. The average molecular weight is 421 g/mol. The van der Waals surface area contributed by atoms with Crippen molar-refractivity contribution in [1.82, 2.24) is 4.90 Å². The molecule has 6 nitrogen and oxygen atoms in total. The maximum atomic E-state index is 13.0. The van der Waals surface area contributed by atoms with Crippen molar-refractivity contribution in [2.45, 2.75) is 39.7 Å². The highest BCUT2D eigenvalue weighted by Gasteiger charge is 2.40. The molecule has 0 spiro atoms. The maximum Gasteiger partial charge on any atom is 0.259 e. The van der Waals surface area contributed by atoms with Crippen LogP contribution in [0.3, 0.4) is 0 Å². The third kappa shape index (κ3) is 4.03. The second-order valence-electron chi connectivity index (χ2n) is 7.56. The SMILES string of the molecule is CCCC1N=C2c3ccccc3N=C(SCC(=O)Nc3cc(C)cc(C)c3)N2C1=O. The molecule has 0 saturated carbocycles. The van der Waals surface area contributed by atoms with E-state index in [9.17, 15) is 9.59 Å². The summed E-state index contributed by atoms with van der Waals surface area (Å²) in [6.45, 7) is 6.04. The number of aryl methyl sites for hydroxylation is 2. The van der Waals surface area contributed by atoms with Crippen LogP contribution < -0.4 is 5.32 Å². The molecule has 2 amide bonds. The normalized spacial score (nSPS) is 17.2. The first-order valence-corrected chi connectivity index (χ1v) is 11.1. The molecule has 0 radical (unpaired) electrons. The second-order valence-corrected chi connectivity index (χ2v) is 8.50. The molecule has 1 N–H and O–H groups in total. The highest BCUT2D eigenvalue weighted by molar-refractivity contribution is 8.14. The van der Waals surface area contributed by atoms with Crippen LogP contribution in [-0.2, 0) is 9.59 Å². The topological polar surface area (TPSA) is 74.1 Å². The van der Waals surface area contributed by atoms with Gasteiger partial charge in [-0.05, 0) is 55.7 Å². The summed E-state index contributed by atoms with van der Waals surface area (Å²) < 4.78 is 0. The van der Waals surface area contributed by atoms with Gasteiger partial charge in [0.05, 0.1) is 11.4 Å². The van der Waals surface area contributed by atoms with Crippen molar-refractivity contribution in [3.63, 3.8) is 0 Å². The molecule has 154 valence electrons. The van der Waals surface area contributed by atoms with Crippen molar-refractivity contribution in [3.8, 4) is 0 Å². The summed E-state index contributed by atoms with van der Waals surface area (Å²) in [4.78, 5) is 36.5. The number of anilines is 1. The summed E-state index contributed by atoms with van der Waals surface area (Å²) in [6.07, 6.45) is 1.58. The van der Waals surface area contributed by atoms with Gasteiger partial charge in [0, 0.05) is 11.3 Å². The molecule has 0 aliphatic carbocycles. The minimum Gasteiger partial charge on any atom is -0.325 e. The summed E-state index contributed by atoms with van der Waals surface area (Å²) in [5, 5.41) is 3.44. The Hall–Kier alpha value is -2.93. The van der Waals surface area contributed by atoms with Crippen LogP contribution in [0.1, 0.15) is 36.5 Å². The van der Waals surface area contributed by atoms with Crippen LogP contribution in [0.4, 0.5) is 11.4 Å². The van der Waals surface area contributed by atoms with Crippen LogP contribution in [0.15, 0.2) is 52.4 Å². The van der Waals surface area contributed by atoms with Gasteiger partial charge in [0.2, 0.25) is 5.91 Å². The van der Waals surface area contributed by atoms with E-state index in [1.54, 1.807) is 4.90 Å². The molecule has 0 fully saturated rings. The third-order valence-electron chi connectivity index (χ3n) is 4.95. The van der Waals surface area contributed by atoms with Gasteiger partial charge in [0.25, 0.3) is 5.91 Å². The summed E-state index contributed by atoms with van der Waals surface area (Å²) in [6, 6.07) is 13.2. The third-order valence-corrected chi connectivity index (χ3v) is 5.89. The van der Waals surface area contributed by atoms with Gasteiger partial charge in [0.15, 0.2) is 5.17 Å². The lowest BCUT2D eigenvalue weighted by Crippen LogP contribution is -2.41. The standard InChI is InChI=1S/C23H24N4O2S/c1-4-7-19-22(29)27-21(25-19)17-8-5-6-9-18(17)26-23(27)30-13-20(28)24-16-11-14(2)10-15(3)12-16/h5-6,8-12,19H,4,7,13H2,1-3H3,(H,24,28). The number of carbonyl (C=O) groups is 2. The monoisotopic (exact) mass is 420 g/mol. The van der Waals surface area contributed by atoms with Gasteiger partial charge >= 0.3 is 0 Å². The predicted octanol–water partition coefficient (Wildman–Crippen LogP) is 4.43. The van der Waals surface area contributed by atoms with E-state index in [0.717, 1.165) is 34.5 Å². The number of amides is 2. The Balaban J connectivity index is 1.53. The van der Waals surface area contributed by atoms with Crippen LogP contribution in [-0.4, -0.2) is 39.5 Å². The molecule has 2 aromatic carbocycles. The van der Waals surface area contributed by atoms with Gasteiger partial charge in [-0.1, -0.05) is 43.3 Å². The van der Waals surface area contributed by atoms with Crippen molar-refractivity contribution < 1.29 is 9.59 Å². The molecule has 1 unspecified atom stereocenters. The summed E-state index contributed by atoms with van der Waals surface area (Å²) >= 11 is 1.26. The number of nitrogens with one attached hydrogen (secondary N) is 1. The van der Waals surface area contributed by atoms with Gasteiger partial charge in [-0.15, -0.1) is 0 Å². The minimum absolute atomic E-state index is 0.0673. The maximum absolute atomic E-state index is 13.0. The Morgan fingerprint density at radius 1 is 1.17 bits per heavy atom. The van der Waals surface area contributed by atoms with Crippen LogP contribution >= 0.6 is 11.8 Å².